The van der Waals surface area contributed by atoms with Crippen LogP contribution in [0.15, 0.2) is 10.7 Å². The van der Waals surface area contributed by atoms with Crippen LogP contribution in [-0.4, -0.2) is 35.0 Å². The van der Waals surface area contributed by atoms with Crippen molar-refractivity contribution in [1.29, 1.82) is 0 Å². The molecule has 0 bridgehead atoms. The number of carbonyl (C=O) groups is 1. The average molecular weight is 313 g/mol. The highest BCUT2D eigenvalue weighted by Crippen LogP contribution is 2.20. The zero-order valence-corrected chi connectivity index (χ0v) is 12.2. The lowest BCUT2D eigenvalue weighted by atomic mass is 10.1. The van der Waals surface area contributed by atoms with Gasteiger partial charge < -0.3 is 10.2 Å². The number of aryl methyl sites for hydroxylation is 1. The standard InChI is InChI=1S/C12H17BrN4O/c1-8-14-11(13)7-12(15-8)17-5-3-10(4-6-17)16-9(2)18/h7,10H,3-6H2,1-2H3,(H,16,18). The molecule has 1 aromatic heterocycles. The molecule has 2 heterocycles. The van der Waals surface area contributed by atoms with Gasteiger partial charge in [-0.1, -0.05) is 0 Å². The second-order valence-electron chi connectivity index (χ2n) is 4.56. The molecule has 6 heteroatoms. The van der Waals surface area contributed by atoms with Gasteiger partial charge in [0, 0.05) is 32.1 Å². The summed E-state index contributed by atoms with van der Waals surface area (Å²) in [7, 11) is 0. The van der Waals surface area contributed by atoms with E-state index in [9.17, 15) is 4.79 Å². The van der Waals surface area contributed by atoms with E-state index in [2.05, 4.69) is 36.1 Å². The third-order valence-electron chi connectivity index (χ3n) is 3.02. The van der Waals surface area contributed by atoms with Crippen LogP contribution in [0.4, 0.5) is 5.82 Å². The van der Waals surface area contributed by atoms with E-state index in [1.54, 1.807) is 6.92 Å². The van der Waals surface area contributed by atoms with E-state index in [1.807, 2.05) is 13.0 Å². The van der Waals surface area contributed by atoms with Crippen LogP contribution in [0.3, 0.4) is 0 Å². The van der Waals surface area contributed by atoms with Crippen molar-refractivity contribution in [2.24, 2.45) is 0 Å². The molecule has 1 aliphatic rings. The maximum absolute atomic E-state index is 11.0. The normalized spacial score (nSPS) is 16.7. The smallest absolute Gasteiger partial charge is 0.217 e. The minimum atomic E-state index is 0.0501. The van der Waals surface area contributed by atoms with E-state index in [-0.39, 0.29) is 5.91 Å². The molecule has 1 amide bonds. The highest BCUT2D eigenvalue weighted by molar-refractivity contribution is 9.10. The summed E-state index contributed by atoms with van der Waals surface area (Å²) in [6, 6.07) is 2.23. The fourth-order valence-electron chi connectivity index (χ4n) is 2.22. The van der Waals surface area contributed by atoms with Gasteiger partial charge in [0.05, 0.1) is 0 Å². The van der Waals surface area contributed by atoms with Crippen molar-refractivity contribution in [3.63, 3.8) is 0 Å². The average Bonchev–Trinajstić information content (AvgIpc) is 2.27. The Morgan fingerprint density at radius 3 is 2.67 bits per heavy atom. The van der Waals surface area contributed by atoms with Gasteiger partial charge in [-0.3, -0.25) is 4.79 Å². The van der Waals surface area contributed by atoms with Crippen molar-refractivity contribution in [3.05, 3.63) is 16.5 Å². The third-order valence-corrected chi connectivity index (χ3v) is 3.43. The summed E-state index contributed by atoms with van der Waals surface area (Å²) >= 11 is 3.39. The predicted molar refractivity (Wildman–Crippen MR) is 73.5 cm³/mol. The van der Waals surface area contributed by atoms with Gasteiger partial charge in [-0.05, 0) is 35.7 Å². The first kappa shape index (κ1) is 13.3. The van der Waals surface area contributed by atoms with Gasteiger partial charge in [-0.25, -0.2) is 9.97 Å². The Labute approximate surface area is 115 Å². The van der Waals surface area contributed by atoms with E-state index in [0.29, 0.717) is 6.04 Å². The topological polar surface area (TPSA) is 58.1 Å². The Kier molecular flexibility index (Phi) is 4.16. The number of nitrogens with one attached hydrogen (secondary N) is 1. The molecule has 0 radical (unpaired) electrons. The van der Waals surface area contributed by atoms with E-state index in [0.717, 1.165) is 42.2 Å². The number of nitrogens with zero attached hydrogens (tertiary/aromatic N) is 3. The lowest BCUT2D eigenvalue weighted by molar-refractivity contribution is -0.119. The molecule has 0 unspecified atom stereocenters. The number of rotatable bonds is 2. The summed E-state index contributed by atoms with van der Waals surface area (Å²) in [6.45, 7) is 5.28. The van der Waals surface area contributed by atoms with Gasteiger partial charge in [0.2, 0.25) is 5.91 Å². The molecule has 18 heavy (non-hydrogen) atoms. The van der Waals surface area contributed by atoms with Crippen molar-refractivity contribution in [2.75, 3.05) is 18.0 Å². The number of carbonyl (C=O) groups excluding carboxylic acids is 1. The first-order valence-corrected chi connectivity index (χ1v) is 6.87. The van der Waals surface area contributed by atoms with Crippen LogP contribution in [0.2, 0.25) is 0 Å². The molecule has 1 aliphatic heterocycles. The van der Waals surface area contributed by atoms with Crippen LogP contribution in [0.5, 0.6) is 0 Å². The number of hydrogen-bond acceptors (Lipinski definition) is 4. The summed E-state index contributed by atoms with van der Waals surface area (Å²) in [4.78, 5) is 21.9. The van der Waals surface area contributed by atoms with E-state index in [1.165, 1.54) is 0 Å². The number of amides is 1. The summed E-state index contributed by atoms with van der Waals surface area (Å²) in [6.07, 6.45) is 1.92. The van der Waals surface area contributed by atoms with Crippen LogP contribution >= 0.6 is 15.9 Å². The zero-order chi connectivity index (χ0) is 13.1. The van der Waals surface area contributed by atoms with Crippen molar-refractivity contribution < 1.29 is 4.79 Å². The lowest BCUT2D eigenvalue weighted by Crippen LogP contribution is -2.44. The van der Waals surface area contributed by atoms with Gasteiger partial charge in [0.25, 0.3) is 0 Å². The summed E-state index contributed by atoms with van der Waals surface area (Å²) in [5.41, 5.74) is 0. The predicted octanol–water partition coefficient (Wildman–Crippen LogP) is 1.65. The van der Waals surface area contributed by atoms with Gasteiger partial charge in [0.15, 0.2) is 0 Å². The quantitative estimate of drug-likeness (QED) is 0.844. The SMILES string of the molecule is CC(=O)NC1CCN(c2cc(Br)nc(C)n2)CC1. The maximum Gasteiger partial charge on any atom is 0.217 e. The molecule has 0 saturated carbocycles. The minimum Gasteiger partial charge on any atom is -0.356 e. The number of piperidine rings is 1. The summed E-state index contributed by atoms with van der Waals surface area (Å²) in [5.74, 6) is 1.77. The molecule has 0 atom stereocenters. The highest BCUT2D eigenvalue weighted by atomic mass is 79.9. The van der Waals surface area contributed by atoms with Crippen LogP contribution in [-0.2, 0) is 4.79 Å². The summed E-state index contributed by atoms with van der Waals surface area (Å²) < 4.78 is 0.814. The Morgan fingerprint density at radius 2 is 2.11 bits per heavy atom. The van der Waals surface area contributed by atoms with Crippen LogP contribution < -0.4 is 10.2 Å². The fraction of sp³-hybridized carbons (Fsp3) is 0.583. The number of anilines is 1. The monoisotopic (exact) mass is 312 g/mol. The van der Waals surface area contributed by atoms with E-state index in [4.69, 9.17) is 0 Å². The zero-order valence-electron chi connectivity index (χ0n) is 10.6. The molecule has 0 aliphatic carbocycles. The number of halogens is 1. The van der Waals surface area contributed by atoms with Gasteiger partial charge in [-0.2, -0.15) is 0 Å². The highest BCUT2D eigenvalue weighted by Gasteiger charge is 2.21. The Morgan fingerprint density at radius 1 is 1.44 bits per heavy atom. The van der Waals surface area contributed by atoms with E-state index >= 15 is 0 Å². The number of aromatic nitrogens is 2. The molecule has 1 aromatic rings. The molecule has 1 saturated heterocycles. The Hall–Kier alpha value is -1.17. The molecular weight excluding hydrogens is 296 g/mol. The summed E-state index contributed by atoms with van der Waals surface area (Å²) in [5, 5.41) is 2.97. The van der Waals surface area contributed by atoms with Gasteiger partial charge >= 0.3 is 0 Å². The molecular formula is C12H17BrN4O. The third kappa shape index (κ3) is 3.41. The second kappa shape index (κ2) is 5.65. The van der Waals surface area contributed by atoms with Crippen molar-refractivity contribution in [1.82, 2.24) is 15.3 Å². The molecule has 5 nitrogen and oxygen atoms in total. The van der Waals surface area contributed by atoms with Crippen LogP contribution in [0.1, 0.15) is 25.6 Å². The van der Waals surface area contributed by atoms with E-state index < -0.39 is 0 Å². The largest absolute Gasteiger partial charge is 0.356 e. The maximum atomic E-state index is 11.0. The second-order valence-corrected chi connectivity index (χ2v) is 5.37. The van der Waals surface area contributed by atoms with Crippen molar-refractivity contribution in [2.45, 2.75) is 32.7 Å². The van der Waals surface area contributed by atoms with Crippen molar-refractivity contribution in [3.8, 4) is 0 Å². The van der Waals surface area contributed by atoms with Gasteiger partial charge in [-0.15, -0.1) is 0 Å². The van der Waals surface area contributed by atoms with Crippen LogP contribution in [0, 0.1) is 6.92 Å². The molecule has 2 rings (SSSR count). The first-order chi connectivity index (χ1) is 8.54. The van der Waals surface area contributed by atoms with Gasteiger partial charge in [0.1, 0.15) is 16.2 Å². The fourth-order valence-corrected chi connectivity index (χ4v) is 2.68. The molecule has 1 N–H and O–H groups in total. The molecule has 0 aromatic carbocycles. The lowest BCUT2D eigenvalue weighted by Gasteiger charge is -2.33. The molecule has 1 fully saturated rings. The molecule has 0 spiro atoms. The van der Waals surface area contributed by atoms with Crippen molar-refractivity contribution >= 4 is 27.7 Å². The number of hydrogen-bond donors (Lipinski definition) is 1. The first-order valence-electron chi connectivity index (χ1n) is 6.08. The minimum absolute atomic E-state index is 0.0501. The van der Waals surface area contributed by atoms with Crippen LogP contribution in [0.25, 0.3) is 0 Å². The Balaban J connectivity index is 1.98. The Bertz CT molecular complexity index is 423. The molecule has 98 valence electrons.